The predicted octanol–water partition coefficient (Wildman–Crippen LogP) is 3.51. The fourth-order valence-corrected chi connectivity index (χ4v) is 2.49. The summed E-state index contributed by atoms with van der Waals surface area (Å²) in [7, 11) is 0. The molecule has 0 aliphatic heterocycles. The molecule has 118 valence electrons. The normalized spacial score (nSPS) is 12.3. The van der Waals surface area contributed by atoms with Crippen LogP contribution < -0.4 is 5.32 Å². The van der Waals surface area contributed by atoms with Crippen molar-refractivity contribution >= 4 is 16.7 Å². The lowest BCUT2D eigenvalue weighted by Crippen LogP contribution is -2.28. The Bertz CT molecular complexity index is 831. The minimum atomic E-state index is -0.763. The molecule has 2 aromatic carbocycles. The zero-order chi connectivity index (χ0) is 16.4. The Kier molecular flexibility index (Phi) is 4.17. The fraction of sp³-hybridized carbons (Fsp3) is 0.211. The van der Waals surface area contributed by atoms with Crippen molar-refractivity contribution in [3.05, 3.63) is 71.2 Å². The minimum Gasteiger partial charge on any atom is -0.456 e. The van der Waals surface area contributed by atoms with Crippen molar-refractivity contribution < 1.29 is 14.3 Å². The number of rotatable bonds is 4. The van der Waals surface area contributed by atoms with E-state index in [0.29, 0.717) is 0 Å². The van der Waals surface area contributed by atoms with Crippen LogP contribution in [0, 0.1) is 13.8 Å². The van der Waals surface area contributed by atoms with Crippen LogP contribution in [0.25, 0.3) is 10.8 Å². The van der Waals surface area contributed by atoms with Gasteiger partial charge in [0.1, 0.15) is 5.76 Å². The van der Waals surface area contributed by atoms with Gasteiger partial charge in [-0.05, 0) is 47.9 Å². The van der Waals surface area contributed by atoms with Crippen molar-refractivity contribution in [1.82, 2.24) is 5.32 Å². The number of amides is 1. The fourth-order valence-electron chi connectivity index (χ4n) is 2.49. The van der Waals surface area contributed by atoms with Crippen molar-refractivity contribution in [2.45, 2.75) is 20.0 Å². The molecule has 0 radical (unpaired) electrons. The first kappa shape index (κ1) is 15.3. The van der Waals surface area contributed by atoms with Gasteiger partial charge in [-0.25, -0.2) is 0 Å². The molecule has 23 heavy (non-hydrogen) atoms. The van der Waals surface area contributed by atoms with Gasteiger partial charge in [-0.15, -0.1) is 0 Å². The molecule has 3 aromatic rings. The minimum absolute atomic E-state index is 0.135. The lowest BCUT2D eigenvalue weighted by molar-refractivity contribution is 0.0888. The molecule has 1 heterocycles. The van der Waals surface area contributed by atoms with Crippen molar-refractivity contribution in [1.29, 1.82) is 0 Å². The van der Waals surface area contributed by atoms with Gasteiger partial charge in [0.2, 0.25) is 0 Å². The van der Waals surface area contributed by atoms with E-state index in [1.54, 1.807) is 6.07 Å². The summed E-state index contributed by atoms with van der Waals surface area (Å²) >= 11 is 0. The Labute approximate surface area is 134 Å². The lowest BCUT2D eigenvalue weighted by atomic mass is 10.0. The number of furan rings is 1. The van der Waals surface area contributed by atoms with E-state index in [-0.39, 0.29) is 18.2 Å². The van der Waals surface area contributed by atoms with E-state index < -0.39 is 6.10 Å². The van der Waals surface area contributed by atoms with Crippen molar-refractivity contribution in [2.24, 2.45) is 0 Å². The highest BCUT2D eigenvalue weighted by atomic mass is 16.3. The molecule has 0 saturated heterocycles. The molecule has 1 atom stereocenters. The van der Waals surface area contributed by atoms with Crippen molar-refractivity contribution in [3.63, 3.8) is 0 Å². The molecule has 1 amide bonds. The lowest BCUT2D eigenvalue weighted by Gasteiger charge is -2.12. The molecule has 0 aliphatic rings. The van der Waals surface area contributed by atoms with E-state index in [9.17, 15) is 9.90 Å². The Hall–Kier alpha value is -2.59. The number of aryl methyl sites for hydroxylation is 2. The highest BCUT2D eigenvalue weighted by molar-refractivity contribution is 5.91. The van der Waals surface area contributed by atoms with Crippen LogP contribution in [-0.4, -0.2) is 17.6 Å². The largest absolute Gasteiger partial charge is 0.456 e. The van der Waals surface area contributed by atoms with Gasteiger partial charge < -0.3 is 14.8 Å². The third kappa shape index (κ3) is 3.27. The van der Waals surface area contributed by atoms with Crippen LogP contribution in [0.1, 0.15) is 33.5 Å². The van der Waals surface area contributed by atoms with Crippen molar-refractivity contribution in [3.8, 4) is 0 Å². The molecule has 3 rings (SSSR count). The van der Waals surface area contributed by atoms with E-state index >= 15 is 0 Å². The molecule has 0 saturated carbocycles. The van der Waals surface area contributed by atoms with Gasteiger partial charge in [0.15, 0.2) is 5.76 Å². The molecule has 4 nitrogen and oxygen atoms in total. The molecule has 1 aromatic heterocycles. The van der Waals surface area contributed by atoms with E-state index in [0.717, 1.165) is 27.7 Å². The van der Waals surface area contributed by atoms with Gasteiger partial charge in [0.25, 0.3) is 5.91 Å². The number of hydrogen-bond donors (Lipinski definition) is 2. The van der Waals surface area contributed by atoms with Gasteiger partial charge in [-0.3, -0.25) is 4.79 Å². The molecule has 0 fully saturated rings. The van der Waals surface area contributed by atoms with Crippen LogP contribution in [0.3, 0.4) is 0 Å². The molecule has 0 spiro atoms. The second-order valence-corrected chi connectivity index (χ2v) is 5.68. The topological polar surface area (TPSA) is 62.5 Å². The van der Waals surface area contributed by atoms with Crippen LogP contribution >= 0.6 is 0 Å². The average molecular weight is 309 g/mol. The third-order valence-corrected chi connectivity index (χ3v) is 4.00. The van der Waals surface area contributed by atoms with Gasteiger partial charge in [0, 0.05) is 6.54 Å². The van der Waals surface area contributed by atoms with Gasteiger partial charge in [-0.1, -0.05) is 36.4 Å². The molecule has 2 N–H and O–H groups in total. The highest BCUT2D eigenvalue weighted by Gasteiger charge is 2.15. The number of benzene rings is 2. The monoisotopic (exact) mass is 309 g/mol. The second-order valence-electron chi connectivity index (χ2n) is 5.68. The van der Waals surface area contributed by atoms with E-state index in [4.69, 9.17) is 4.42 Å². The zero-order valence-electron chi connectivity index (χ0n) is 13.2. The summed E-state index contributed by atoms with van der Waals surface area (Å²) in [6, 6.07) is 15.4. The average Bonchev–Trinajstić information content (AvgIpc) is 2.91. The number of carbonyl (C=O) groups excluding carboxylic acids is 1. The number of nitrogens with one attached hydrogen (secondary N) is 1. The Morgan fingerprint density at radius 3 is 2.57 bits per heavy atom. The SMILES string of the molecule is Cc1cc(C(=O)NCC(O)c2ccc3ccccc3c2)oc1C. The summed E-state index contributed by atoms with van der Waals surface area (Å²) in [6.45, 7) is 3.84. The Balaban J connectivity index is 1.68. The molecular formula is C19H19NO3. The Morgan fingerprint density at radius 1 is 1.13 bits per heavy atom. The molecule has 4 heteroatoms. The van der Waals surface area contributed by atoms with Crippen LogP contribution in [0.2, 0.25) is 0 Å². The van der Waals surface area contributed by atoms with E-state index in [1.807, 2.05) is 56.3 Å². The number of carbonyl (C=O) groups is 1. The quantitative estimate of drug-likeness (QED) is 0.775. The number of aliphatic hydroxyl groups excluding tert-OH is 1. The standard InChI is InChI=1S/C19H19NO3/c1-12-9-18(23-13(12)2)19(22)20-11-17(21)16-8-7-14-5-3-4-6-15(14)10-16/h3-10,17,21H,11H2,1-2H3,(H,20,22). The Morgan fingerprint density at radius 2 is 1.87 bits per heavy atom. The maximum absolute atomic E-state index is 12.0. The van der Waals surface area contributed by atoms with Crippen LogP contribution in [0.15, 0.2) is 52.9 Å². The third-order valence-electron chi connectivity index (χ3n) is 4.00. The van der Waals surface area contributed by atoms with Gasteiger partial charge in [0.05, 0.1) is 6.10 Å². The number of aliphatic hydroxyl groups is 1. The smallest absolute Gasteiger partial charge is 0.287 e. The molecule has 0 aliphatic carbocycles. The van der Waals surface area contributed by atoms with Gasteiger partial charge in [-0.2, -0.15) is 0 Å². The molecular weight excluding hydrogens is 290 g/mol. The van der Waals surface area contributed by atoms with Crippen LogP contribution in [-0.2, 0) is 0 Å². The molecule has 0 bridgehead atoms. The predicted molar refractivity (Wildman–Crippen MR) is 89.4 cm³/mol. The maximum atomic E-state index is 12.0. The zero-order valence-corrected chi connectivity index (χ0v) is 13.2. The summed E-state index contributed by atoms with van der Waals surface area (Å²) < 4.78 is 5.38. The number of hydrogen-bond acceptors (Lipinski definition) is 3. The van der Waals surface area contributed by atoms with Crippen LogP contribution in [0.5, 0.6) is 0 Å². The summed E-state index contributed by atoms with van der Waals surface area (Å²) in [4.78, 5) is 12.0. The number of fused-ring (bicyclic) bond motifs is 1. The second kappa shape index (κ2) is 6.26. The first-order chi connectivity index (χ1) is 11.0. The maximum Gasteiger partial charge on any atom is 0.287 e. The first-order valence-electron chi connectivity index (χ1n) is 7.56. The highest BCUT2D eigenvalue weighted by Crippen LogP contribution is 2.20. The van der Waals surface area contributed by atoms with E-state index in [1.165, 1.54) is 0 Å². The van der Waals surface area contributed by atoms with Crippen molar-refractivity contribution in [2.75, 3.05) is 6.54 Å². The summed E-state index contributed by atoms with van der Waals surface area (Å²) in [5.41, 5.74) is 1.71. The summed E-state index contributed by atoms with van der Waals surface area (Å²) in [5, 5.41) is 15.2. The van der Waals surface area contributed by atoms with E-state index in [2.05, 4.69) is 5.32 Å². The van der Waals surface area contributed by atoms with Gasteiger partial charge >= 0.3 is 0 Å². The summed E-state index contributed by atoms with van der Waals surface area (Å²) in [6.07, 6.45) is -0.763. The molecule has 1 unspecified atom stereocenters. The first-order valence-corrected chi connectivity index (χ1v) is 7.56. The van der Waals surface area contributed by atoms with Crippen LogP contribution in [0.4, 0.5) is 0 Å². The summed E-state index contributed by atoms with van der Waals surface area (Å²) in [5.74, 6) is 0.678.